The molecule has 2 aliphatic heterocycles. The van der Waals surface area contributed by atoms with Crippen LogP contribution in [0, 0.1) is 0 Å². The maximum Gasteiger partial charge on any atom is 0.416 e. The number of fused-ring (bicyclic) bond motifs is 1. The number of nitrogens with one attached hydrogen (secondary N) is 2. The van der Waals surface area contributed by atoms with Crippen LogP contribution in [0.3, 0.4) is 0 Å². The van der Waals surface area contributed by atoms with Crippen LogP contribution in [-0.4, -0.2) is 30.2 Å². The molecule has 0 aromatic heterocycles. The maximum absolute atomic E-state index is 13.0. The van der Waals surface area contributed by atoms with Gasteiger partial charge in [0.25, 0.3) is 5.91 Å². The van der Waals surface area contributed by atoms with Gasteiger partial charge in [0.15, 0.2) is 0 Å². The van der Waals surface area contributed by atoms with Gasteiger partial charge in [0, 0.05) is 16.1 Å². The van der Waals surface area contributed by atoms with Crippen LogP contribution in [0.15, 0.2) is 47.5 Å². The molecule has 0 saturated carbocycles. The van der Waals surface area contributed by atoms with E-state index in [0.717, 1.165) is 12.1 Å². The summed E-state index contributed by atoms with van der Waals surface area (Å²) in [6.07, 6.45) is -3.41. The number of carbonyl (C=O) groups is 1. The molecule has 0 unspecified atom stereocenters. The predicted molar refractivity (Wildman–Crippen MR) is 102 cm³/mol. The third-order valence-electron chi connectivity index (χ3n) is 5.15. The van der Waals surface area contributed by atoms with E-state index in [-0.39, 0.29) is 5.91 Å². The molecule has 1 spiro atoms. The van der Waals surface area contributed by atoms with E-state index in [1.54, 1.807) is 18.2 Å². The van der Waals surface area contributed by atoms with Crippen molar-refractivity contribution in [3.8, 4) is 0 Å². The van der Waals surface area contributed by atoms with Gasteiger partial charge in [-0.25, -0.2) is 0 Å². The number of halogens is 4. The van der Waals surface area contributed by atoms with Crippen LogP contribution in [0.1, 0.15) is 29.5 Å². The number of alkyl halides is 3. The Morgan fingerprint density at radius 2 is 1.71 bits per heavy atom. The van der Waals surface area contributed by atoms with Crippen LogP contribution in [0.2, 0.25) is 5.02 Å². The predicted octanol–water partition coefficient (Wildman–Crippen LogP) is 4.27. The first-order chi connectivity index (χ1) is 13.3. The molecule has 1 amide bonds. The highest BCUT2D eigenvalue weighted by Gasteiger charge is 2.42. The van der Waals surface area contributed by atoms with Crippen molar-refractivity contribution >= 4 is 28.9 Å². The topological polar surface area (TPSA) is 53.5 Å². The molecule has 2 N–H and O–H groups in total. The number of hydrogen-bond acceptors (Lipinski definition) is 3. The Morgan fingerprint density at radius 1 is 1.04 bits per heavy atom. The lowest BCUT2D eigenvalue weighted by molar-refractivity contribution is -0.137. The Kier molecular flexibility index (Phi) is 4.67. The minimum absolute atomic E-state index is 0.209. The van der Waals surface area contributed by atoms with Crippen molar-refractivity contribution in [1.82, 2.24) is 5.32 Å². The summed E-state index contributed by atoms with van der Waals surface area (Å²) in [5.41, 5.74) is 0.411. The summed E-state index contributed by atoms with van der Waals surface area (Å²) in [5.74, 6) is -0.209. The van der Waals surface area contributed by atoms with E-state index in [1.807, 2.05) is 0 Å². The minimum atomic E-state index is -4.42. The number of amides is 1. The number of aliphatic imine (C=N–C) groups is 1. The third kappa shape index (κ3) is 3.40. The van der Waals surface area contributed by atoms with Crippen molar-refractivity contribution in [2.45, 2.75) is 24.6 Å². The smallest absolute Gasteiger partial charge is 0.323 e. The van der Waals surface area contributed by atoms with Gasteiger partial charge in [-0.2, -0.15) is 13.2 Å². The summed E-state index contributed by atoms with van der Waals surface area (Å²) < 4.78 is 38.8. The van der Waals surface area contributed by atoms with E-state index < -0.39 is 17.3 Å². The molecule has 2 aliphatic rings. The summed E-state index contributed by atoms with van der Waals surface area (Å²) in [6.45, 7) is 1.27. The molecule has 146 valence electrons. The van der Waals surface area contributed by atoms with Crippen molar-refractivity contribution in [1.29, 1.82) is 0 Å². The maximum atomic E-state index is 13.0. The van der Waals surface area contributed by atoms with Crippen molar-refractivity contribution in [2.75, 3.05) is 18.4 Å². The number of anilines is 1. The second kappa shape index (κ2) is 6.90. The molecule has 2 heterocycles. The van der Waals surface area contributed by atoms with Crippen molar-refractivity contribution in [2.24, 2.45) is 4.99 Å². The molecule has 0 aliphatic carbocycles. The Labute approximate surface area is 164 Å². The number of carbonyl (C=O) groups excluding carboxylic acids is 1. The number of benzene rings is 2. The highest BCUT2D eigenvalue weighted by Crippen LogP contribution is 2.35. The molecule has 0 radical (unpaired) electrons. The van der Waals surface area contributed by atoms with Gasteiger partial charge in [0.05, 0.1) is 17.0 Å². The van der Waals surface area contributed by atoms with Gasteiger partial charge in [0.2, 0.25) is 0 Å². The van der Waals surface area contributed by atoms with Gasteiger partial charge in [-0.15, -0.1) is 0 Å². The highest BCUT2D eigenvalue weighted by atomic mass is 35.5. The summed E-state index contributed by atoms with van der Waals surface area (Å²) in [5, 5.41) is 6.59. The van der Waals surface area contributed by atoms with Crippen LogP contribution < -0.4 is 10.6 Å². The Balaban J connectivity index is 1.88. The molecule has 4 nitrogen and oxygen atoms in total. The summed E-state index contributed by atoms with van der Waals surface area (Å²) >= 11 is 6.15. The molecule has 1 saturated heterocycles. The van der Waals surface area contributed by atoms with Gasteiger partial charge in [-0.3, -0.25) is 9.79 Å². The lowest BCUT2D eigenvalue weighted by Crippen LogP contribution is -2.49. The highest BCUT2D eigenvalue weighted by molar-refractivity contribution is 6.32. The van der Waals surface area contributed by atoms with Gasteiger partial charge in [-0.05, 0) is 56.3 Å². The average molecular weight is 408 g/mol. The number of hydrogen-bond donors (Lipinski definition) is 2. The fourth-order valence-electron chi connectivity index (χ4n) is 3.60. The summed E-state index contributed by atoms with van der Waals surface area (Å²) in [7, 11) is 0. The molecular formula is C20H17ClF3N3O. The number of piperidine rings is 1. The zero-order valence-corrected chi connectivity index (χ0v) is 15.5. The van der Waals surface area contributed by atoms with Crippen LogP contribution in [-0.2, 0) is 11.0 Å². The van der Waals surface area contributed by atoms with Crippen molar-refractivity contribution in [3.63, 3.8) is 0 Å². The molecule has 4 rings (SSSR count). The zero-order valence-electron chi connectivity index (χ0n) is 14.7. The van der Waals surface area contributed by atoms with Crippen LogP contribution in [0.4, 0.5) is 18.9 Å². The minimum Gasteiger partial charge on any atom is -0.323 e. The summed E-state index contributed by atoms with van der Waals surface area (Å²) in [4.78, 5) is 17.8. The lowest BCUT2D eigenvalue weighted by Gasteiger charge is -2.32. The molecular weight excluding hydrogens is 391 g/mol. The Morgan fingerprint density at radius 3 is 2.36 bits per heavy atom. The number of nitrogens with zero attached hydrogens (tertiary/aromatic N) is 1. The molecule has 8 heteroatoms. The number of rotatable bonds is 1. The van der Waals surface area contributed by atoms with Gasteiger partial charge in [0.1, 0.15) is 5.54 Å². The van der Waals surface area contributed by atoms with E-state index in [9.17, 15) is 18.0 Å². The van der Waals surface area contributed by atoms with Crippen molar-refractivity contribution < 1.29 is 18.0 Å². The second-order valence-electron chi connectivity index (χ2n) is 6.96. The van der Waals surface area contributed by atoms with Gasteiger partial charge >= 0.3 is 6.18 Å². The first kappa shape index (κ1) is 19.0. The lowest BCUT2D eigenvalue weighted by atomic mass is 9.87. The van der Waals surface area contributed by atoms with Crippen molar-refractivity contribution in [3.05, 3.63) is 64.2 Å². The normalized spacial score (nSPS) is 18.9. The molecule has 1 fully saturated rings. The monoisotopic (exact) mass is 407 g/mol. The fourth-order valence-corrected chi connectivity index (χ4v) is 3.77. The zero-order chi connectivity index (χ0) is 19.9. The van der Waals surface area contributed by atoms with Crippen LogP contribution >= 0.6 is 11.6 Å². The fraction of sp³-hybridized carbons (Fsp3) is 0.300. The van der Waals surface area contributed by atoms with Gasteiger partial charge < -0.3 is 10.6 Å². The Hall–Kier alpha value is -2.38. The molecule has 2 aromatic carbocycles. The van der Waals surface area contributed by atoms with E-state index in [2.05, 4.69) is 10.6 Å². The molecule has 2 aromatic rings. The van der Waals surface area contributed by atoms with E-state index >= 15 is 0 Å². The standard InChI is InChI=1S/C20H17ClF3N3O/c21-14-5-6-16-15(11-14)17(12-1-3-13(4-2-12)20(22,23)24)27-19(18(28)26-16)7-9-25-10-8-19/h1-6,11,25H,7-10H2,(H,26,28). The molecule has 28 heavy (non-hydrogen) atoms. The van der Waals surface area contributed by atoms with E-state index in [0.29, 0.717) is 53.5 Å². The van der Waals surface area contributed by atoms with E-state index in [4.69, 9.17) is 16.6 Å². The van der Waals surface area contributed by atoms with Crippen LogP contribution in [0.25, 0.3) is 0 Å². The first-order valence-corrected chi connectivity index (χ1v) is 9.26. The summed E-state index contributed by atoms with van der Waals surface area (Å²) in [6, 6.07) is 9.84. The largest absolute Gasteiger partial charge is 0.416 e. The molecule has 0 bridgehead atoms. The second-order valence-corrected chi connectivity index (χ2v) is 7.40. The van der Waals surface area contributed by atoms with Crippen LogP contribution in [0.5, 0.6) is 0 Å². The first-order valence-electron chi connectivity index (χ1n) is 8.88. The molecule has 0 atom stereocenters. The SMILES string of the molecule is O=C1Nc2ccc(Cl)cc2C(c2ccc(C(F)(F)F)cc2)=NC12CCNCC2. The van der Waals surface area contributed by atoms with E-state index in [1.165, 1.54) is 12.1 Å². The average Bonchev–Trinajstić information content (AvgIpc) is 2.78. The third-order valence-corrected chi connectivity index (χ3v) is 5.38. The quantitative estimate of drug-likeness (QED) is 0.741. The Bertz CT molecular complexity index is 948. The van der Waals surface area contributed by atoms with Gasteiger partial charge in [-0.1, -0.05) is 23.7 Å².